The number of benzene rings is 2. The van der Waals surface area contributed by atoms with Crippen LogP contribution in [0.4, 0.5) is 0 Å². The molecule has 2 aromatic carbocycles. The first kappa shape index (κ1) is 16.0. The largest absolute Gasteiger partial charge is 0.484 e. The minimum atomic E-state index is -0.0640. The van der Waals surface area contributed by atoms with Crippen LogP contribution in [0.3, 0.4) is 0 Å². The smallest absolute Gasteiger partial charge is 0.259 e. The molecule has 0 radical (unpaired) electrons. The molecule has 0 aliphatic carbocycles. The van der Waals surface area contributed by atoms with Gasteiger partial charge in [0.2, 0.25) is 0 Å². The van der Waals surface area contributed by atoms with E-state index in [0.29, 0.717) is 5.75 Å². The van der Waals surface area contributed by atoms with Gasteiger partial charge in [-0.05, 0) is 48.9 Å². The summed E-state index contributed by atoms with van der Waals surface area (Å²) in [6.45, 7) is 2.14. The van der Waals surface area contributed by atoms with Crippen molar-refractivity contribution in [1.29, 1.82) is 0 Å². The van der Waals surface area contributed by atoms with Crippen LogP contribution in [0.2, 0.25) is 0 Å². The third-order valence-electron chi connectivity index (χ3n) is 3.93. The second-order valence-corrected chi connectivity index (χ2v) is 5.94. The number of para-hydroxylation sites is 1. The quantitative estimate of drug-likeness (QED) is 0.736. The van der Waals surface area contributed by atoms with Gasteiger partial charge in [0.15, 0.2) is 6.61 Å². The average Bonchev–Trinajstić information content (AvgIpc) is 2.60. The first-order valence-corrected chi connectivity index (χ1v) is 7.84. The van der Waals surface area contributed by atoms with Gasteiger partial charge in [-0.15, -0.1) is 0 Å². The summed E-state index contributed by atoms with van der Waals surface area (Å²) in [5.74, 6) is 0.609. The van der Waals surface area contributed by atoms with Crippen molar-refractivity contribution in [2.24, 2.45) is 0 Å². The average molecular weight is 320 g/mol. The van der Waals surface area contributed by atoms with E-state index < -0.39 is 0 Å². The monoisotopic (exact) mass is 320 g/mol. The first-order chi connectivity index (χ1) is 11.5. The van der Waals surface area contributed by atoms with Crippen LogP contribution in [0.15, 0.2) is 54.6 Å². The molecule has 0 saturated heterocycles. The lowest BCUT2D eigenvalue weighted by Gasteiger charge is -2.12. The lowest BCUT2D eigenvalue weighted by molar-refractivity contribution is -0.130. The molecule has 0 saturated carbocycles. The van der Waals surface area contributed by atoms with Gasteiger partial charge in [-0.25, -0.2) is 4.98 Å². The van der Waals surface area contributed by atoms with Crippen LogP contribution in [-0.2, 0) is 4.79 Å². The molecule has 0 fully saturated rings. The lowest BCUT2D eigenvalue weighted by atomic mass is 10.1. The minimum absolute atomic E-state index is 0.0413. The summed E-state index contributed by atoms with van der Waals surface area (Å²) in [7, 11) is 3.42. The van der Waals surface area contributed by atoms with Crippen molar-refractivity contribution in [3.8, 4) is 17.0 Å². The maximum Gasteiger partial charge on any atom is 0.259 e. The zero-order chi connectivity index (χ0) is 17.1. The molecule has 0 aliphatic rings. The second-order valence-electron chi connectivity index (χ2n) is 5.94. The molecule has 0 bridgehead atoms. The van der Waals surface area contributed by atoms with Crippen molar-refractivity contribution >= 4 is 16.8 Å². The summed E-state index contributed by atoms with van der Waals surface area (Å²) in [5, 5.41) is 1.17. The van der Waals surface area contributed by atoms with Gasteiger partial charge < -0.3 is 9.64 Å². The zero-order valence-corrected chi connectivity index (χ0v) is 14.1. The van der Waals surface area contributed by atoms with E-state index in [9.17, 15) is 4.79 Å². The number of aryl methyl sites for hydroxylation is 1. The van der Waals surface area contributed by atoms with E-state index in [-0.39, 0.29) is 12.5 Å². The molecule has 3 rings (SSSR count). The molecule has 122 valence electrons. The van der Waals surface area contributed by atoms with Gasteiger partial charge in [-0.1, -0.05) is 18.2 Å². The number of aromatic nitrogens is 1. The van der Waals surface area contributed by atoms with Crippen molar-refractivity contribution in [3.63, 3.8) is 0 Å². The molecule has 3 aromatic rings. The molecule has 0 atom stereocenters. The third kappa shape index (κ3) is 3.38. The van der Waals surface area contributed by atoms with Crippen molar-refractivity contribution < 1.29 is 9.53 Å². The maximum atomic E-state index is 11.6. The summed E-state index contributed by atoms with van der Waals surface area (Å²) in [6, 6.07) is 17.9. The Morgan fingerprint density at radius 3 is 2.50 bits per heavy atom. The highest BCUT2D eigenvalue weighted by atomic mass is 16.5. The third-order valence-corrected chi connectivity index (χ3v) is 3.93. The number of rotatable bonds is 4. The summed E-state index contributed by atoms with van der Waals surface area (Å²) in [4.78, 5) is 17.8. The van der Waals surface area contributed by atoms with Crippen LogP contribution in [0, 0.1) is 6.92 Å². The van der Waals surface area contributed by atoms with Gasteiger partial charge >= 0.3 is 0 Å². The SMILES string of the molecule is Cc1cc(-c2ccc(OCC(=O)N(C)C)cc2)nc2ccccc12. The maximum absolute atomic E-state index is 11.6. The van der Waals surface area contributed by atoms with Crippen LogP contribution in [0.5, 0.6) is 5.75 Å². The molecule has 0 unspecified atom stereocenters. The van der Waals surface area contributed by atoms with Gasteiger partial charge in [-0.2, -0.15) is 0 Å². The van der Waals surface area contributed by atoms with Crippen molar-refractivity contribution in [2.75, 3.05) is 20.7 Å². The van der Waals surface area contributed by atoms with E-state index in [1.54, 1.807) is 14.1 Å². The normalized spacial score (nSPS) is 10.6. The molecule has 4 nitrogen and oxygen atoms in total. The Morgan fingerprint density at radius 1 is 1.08 bits per heavy atom. The van der Waals surface area contributed by atoms with Crippen LogP contribution in [0.1, 0.15) is 5.56 Å². The van der Waals surface area contributed by atoms with Crippen molar-refractivity contribution in [1.82, 2.24) is 9.88 Å². The molecule has 0 N–H and O–H groups in total. The van der Waals surface area contributed by atoms with Gasteiger partial charge in [0.25, 0.3) is 5.91 Å². The fourth-order valence-electron chi connectivity index (χ4n) is 2.49. The van der Waals surface area contributed by atoms with Crippen molar-refractivity contribution in [2.45, 2.75) is 6.92 Å². The highest BCUT2D eigenvalue weighted by Crippen LogP contribution is 2.25. The highest BCUT2D eigenvalue weighted by Gasteiger charge is 2.07. The number of amides is 1. The summed E-state index contributed by atoms with van der Waals surface area (Å²) >= 11 is 0. The standard InChI is InChI=1S/C20H20N2O2/c1-14-12-19(21-18-7-5-4-6-17(14)18)15-8-10-16(11-9-15)24-13-20(23)22(2)3/h4-12H,13H2,1-3H3. The highest BCUT2D eigenvalue weighted by molar-refractivity contribution is 5.85. The summed E-state index contributed by atoms with van der Waals surface area (Å²) < 4.78 is 5.50. The zero-order valence-electron chi connectivity index (χ0n) is 14.1. The van der Waals surface area contributed by atoms with Crippen LogP contribution in [0.25, 0.3) is 22.2 Å². The van der Waals surface area contributed by atoms with E-state index in [4.69, 9.17) is 9.72 Å². The fraction of sp³-hybridized carbons (Fsp3) is 0.200. The molecule has 1 aromatic heterocycles. The molecule has 1 heterocycles. The number of likely N-dealkylation sites (N-methyl/N-ethyl adjacent to an activating group) is 1. The van der Waals surface area contributed by atoms with Gasteiger partial charge in [0, 0.05) is 25.0 Å². The molecular formula is C20H20N2O2. The van der Waals surface area contributed by atoms with Crippen LogP contribution in [-0.4, -0.2) is 36.5 Å². The number of hydrogen-bond acceptors (Lipinski definition) is 3. The molecule has 1 amide bonds. The van der Waals surface area contributed by atoms with E-state index >= 15 is 0 Å². The topological polar surface area (TPSA) is 42.4 Å². The Bertz CT molecular complexity index is 870. The number of fused-ring (bicyclic) bond motifs is 1. The number of ether oxygens (including phenoxy) is 1. The molecule has 0 aliphatic heterocycles. The molecule has 0 spiro atoms. The van der Waals surface area contributed by atoms with Crippen molar-refractivity contribution in [3.05, 3.63) is 60.2 Å². The molecule has 4 heteroatoms. The number of carbonyl (C=O) groups excluding carboxylic acids is 1. The second kappa shape index (κ2) is 6.71. The Morgan fingerprint density at radius 2 is 1.79 bits per heavy atom. The van der Waals surface area contributed by atoms with Crippen LogP contribution < -0.4 is 4.74 Å². The molecular weight excluding hydrogens is 300 g/mol. The van der Waals surface area contributed by atoms with Gasteiger partial charge in [0.05, 0.1) is 11.2 Å². The first-order valence-electron chi connectivity index (χ1n) is 7.84. The van der Waals surface area contributed by atoms with Gasteiger partial charge in [0.1, 0.15) is 5.75 Å². The minimum Gasteiger partial charge on any atom is -0.484 e. The van der Waals surface area contributed by atoms with Gasteiger partial charge in [-0.3, -0.25) is 4.79 Å². The van der Waals surface area contributed by atoms with E-state index in [1.807, 2.05) is 42.5 Å². The number of nitrogens with zero attached hydrogens (tertiary/aromatic N) is 2. The predicted molar refractivity (Wildman–Crippen MR) is 96.1 cm³/mol. The molecule has 24 heavy (non-hydrogen) atoms. The van der Waals surface area contributed by atoms with Crippen LogP contribution >= 0.6 is 0 Å². The Hall–Kier alpha value is -2.88. The fourth-order valence-corrected chi connectivity index (χ4v) is 2.49. The Balaban J connectivity index is 1.82. The summed E-state index contributed by atoms with van der Waals surface area (Å²) in [6.07, 6.45) is 0. The number of pyridine rings is 1. The number of carbonyl (C=O) groups is 1. The Labute approximate surface area is 141 Å². The predicted octanol–water partition coefficient (Wildman–Crippen LogP) is 3.68. The van der Waals surface area contributed by atoms with E-state index in [2.05, 4.69) is 19.1 Å². The number of hydrogen-bond donors (Lipinski definition) is 0. The summed E-state index contributed by atoms with van der Waals surface area (Å²) in [5.41, 5.74) is 4.15. The van der Waals surface area contributed by atoms with E-state index in [0.717, 1.165) is 16.8 Å². The van der Waals surface area contributed by atoms with E-state index in [1.165, 1.54) is 15.8 Å². The lowest BCUT2D eigenvalue weighted by Crippen LogP contribution is -2.27. The Kier molecular flexibility index (Phi) is 4.47.